The van der Waals surface area contributed by atoms with E-state index < -0.39 is 58.0 Å². The fourth-order valence-corrected chi connectivity index (χ4v) is 3.09. The molecule has 1 fully saturated rings. The summed E-state index contributed by atoms with van der Waals surface area (Å²) in [6, 6.07) is 0.926. The molecule has 1 aliphatic heterocycles. The van der Waals surface area contributed by atoms with Crippen molar-refractivity contribution in [2.45, 2.75) is 24.5 Å². The number of rotatable bonds is 6. The van der Waals surface area contributed by atoms with E-state index in [0.717, 1.165) is 12.3 Å². The van der Waals surface area contributed by atoms with Crippen molar-refractivity contribution in [3.8, 4) is 0 Å². The standard InChI is InChI=1S/C9H14N2O12P2/c12-5-1-2-11(9(14)10-5)8-6(13)7(23-25(18,19)20)4(22-8)3-21-24(15,16)17/h1-2,4,6-8,13H,3H2,(H,10,12,14)(H2,15,16,17)(H2,18,19,20)/t4-,6+,7?,8-/m1/s1. The molecule has 1 unspecified atom stereocenters. The molecule has 2 heterocycles. The second kappa shape index (κ2) is 7.21. The molecule has 16 heteroatoms. The van der Waals surface area contributed by atoms with E-state index in [-0.39, 0.29) is 0 Å². The SMILES string of the molecule is O=c1ccn([C@@H]2O[C@H](COP(=O)(O)O)C(OP(=O)(O)O)[C@@H]2O)c(=O)[nH]1. The van der Waals surface area contributed by atoms with Crippen molar-refractivity contribution in [1.29, 1.82) is 0 Å². The van der Waals surface area contributed by atoms with Crippen molar-refractivity contribution in [2.75, 3.05) is 6.61 Å². The van der Waals surface area contributed by atoms with Crippen molar-refractivity contribution >= 4 is 15.6 Å². The van der Waals surface area contributed by atoms with Crippen molar-refractivity contribution < 1.29 is 47.6 Å². The highest BCUT2D eigenvalue weighted by atomic mass is 31.2. The largest absolute Gasteiger partial charge is 0.470 e. The average Bonchev–Trinajstić information content (AvgIpc) is 2.72. The molecule has 142 valence electrons. The Morgan fingerprint density at radius 1 is 1.20 bits per heavy atom. The highest BCUT2D eigenvalue weighted by molar-refractivity contribution is 7.46. The molecule has 1 aromatic rings. The van der Waals surface area contributed by atoms with Gasteiger partial charge in [0.05, 0.1) is 6.61 Å². The Morgan fingerprint density at radius 2 is 1.84 bits per heavy atom. The van der Waals surface area contributed by atoms with Crippen LogP contribution in [0.15, 0.2) is 21.9 Å². The second-order valence-electron chi connectivity index (χ2n) is 4.92. The molecule has 0 aromatic carbocycles. The van der Waals surface area contributed by atoms with Crippen LogP contribution < -0.4 is 11.2 Å². The number of aliphatic hydroxyl groups is 1. The lowest BCUT2D eigenvalue weighted by molar-refractivity contribution is -0.0541. The fourth-order valence-electron chi connectivity index (χ4n) is 2.17. The molecule has 6 N–H and O–H groups in total. The van der Waals surface area contributed by atoms with Crippen molar-refractivity contribution in [3.05, 3.63) is 33.1 Å². The highest BCUT2D eigenvalue weighted by Gasteiger charge is 2.49. The number of ether oxygens (including phenoxy) is 1. The molecule has 14 nitrogen and oxygen atoms in total. The zero-order valence-corrected chi connectivity index (χ0v) is 13.9. The number of phosphoric acid groups is 2. The summed E-state index contributed by atoms with van der Waals surface area (Å²) in [5.41, 5.74) is -1.74. The van der Waals surface area contributed by atoms with Gasteiger partial charge < -0.3 is 29.4 Å². The Labute approximate surface area is 138 Å². The first-order valence-electron chi connectivity index (χ1n) is 6.46. The molecule has 1 aromatic heterocycles. The molecular weight excluding hydrogens is 390 g/mol. The van der Waals surface area contributed by atoms with E-state index in [1.54, 1.807) is 0 Å². The number of aromatic amines is 1. The summed E-state index contributed by atoms with van der Waals surface area (Å²) in [5, 5.41) is 10.2. The number of nitrogens with zero attached hydrogens (tertiary/aromatic N) is 1. The normalized spacial score (nSPS) is 27.6. The Bertz CT molecular complexity index is 822. The molecule has 0 spiro atoms. The number of hydrogen-bond donors (Lipinski definition) is 6. The first-order valence-corrected chi connectivity index (χ1v) is 9.52. The molecule has 0 saturated carbocycles. The molecule has 0 bridgehead atoms. The number of aromatic nitrogens is 2. The van der Waals surface area contributed by atoms with Gasteiger partial charge in [0.15, 0.2) is 6.23 Å². The van der Waals surface area contributed by atoms with Crippen molar-refractivity contribution in [1.82, 2.24) is 9.55 Å². The molecule has 4 atom stereocenters. The first-order chi connectivity index (χ1) is 11.4. The first kappa shape index (κ1) is 20.1. The van der Waals surface area contributed by atoms with Gasteiger partial charge in [0.1, 0.15) is 18.3 Å². The number of H-pyrrole nitrogens is 1. The van der Waals surface area contributed by atoms with Crippen molar-refractivity contribution in [3.63, 3.8) is 0 Å². The molecule has 1 aliphatic rings. The Kier molecular flexibility index (Phi) is 5.81. The molecule has 0 aliphatic carbocycles. The average molecular weight is 404 g/mol. The lowest BCUT2D eigenvalue weighted by atomic mass is 10.1. The van der Waals surface area contributed by atoms with Crippen LogP contribution in [-0.4, -0.2) is 59.2 Å². The third-order valence-corrected chi connectivity index (χ3v) is 4.10. The zero-order valence-electron chi connectivity index (χ0n) is 12.1. The topological polar surface area (TPSA) is 218 Å². The third-order valence-electron chi connectivity index (χ3n) is 3.10. The summed E-state index contributed by atoms with van der Waals surface area (Å²) in [5.74, 6) is 0. The zero-order chi connectivity index (χ0) is 19.0. The van der Waals surface area contributed by atoms with Crippen LogP contribution in [0.4, 0.5) is 0 Å². The van der Waals surface area contributed by atoms with Crippen LogP contribution in [0, 0.1) is 0 Å². The molecule has 2 rings (SSSR count). The van der Waals surface area contributed by atoms with Crippen LogP contribution in [0.5, 0.6) is 0 Å². The summed E-state index contributed by atoms with van der Waals surface area (Å²) >= 11 is 0. The maximum atomic E-state index is 11.8. The number of phosphoric ester groups is 2. The molecule has 0 radical (unpaired) electrons. The molecule has 1 saturated heterocycles. The third kappa shape index (κ3) is 5.39. The van der Waals surface area contributed by atoms with Gasteiger partial charge in [0, 0.05) is 12.3 Å². The summed E-state index contributed by atoms with van der Waals surface area (Å²) in [4.78, 5) is 59.9. The predicted molar refractivity (Wildman–Crippen MR) is 76.2 cm³/mol. The van der Waals surface area contributed by atoms with Gasteiger partial charge in [0.25, 0.3) is 5.56 Å². The minimum atomic E-state index is -5.13. The number of aliphatic hydroxyl groups excluding tert-OH is 1. The van der Waals surface area contributed by atoms with Gasteiger partial charge in [-0.15, -0.1) is 0 Å². The Balaban J connectivity index is 2.31. The van der Waals surface area contributed by atoms with Crippen molar-refractivity contribution in [2.24, 2.45) is 0 Å². The van der Waals surface area contributed by atoms with Gasteiger partial charge in [-0.25, -0.2) is 13.9 Å². The van der Waals surface area contributed by atoms with E-state index >= 15 is 0 Å². The smallest absolute Gasteiger partial charge is 0.386 e. The van der Waals surface area contributed by atoms with E-state index in [0.29, 0.717) is 4.57 Å². The second-order valence-corrected chi connectivity index (χ2v) is 7.35. The summed E-state index contributed by atoms with van der Waals surface area (Å²) in [6.45, 7) is -0.902. The fraction of sp³-hybridized carbons (Fsp3) is 0.556. The van der Waals surface area contributed by atoms with Crippen LogP contribution in [0.3, 0.4) is 0 Å². The van der Waals surface area contributed by atoms with E-state index in [2.05, 4.69) is 9.05 Å². The van der Waals surface area contributed by atoms with Gasteiger partial charge in [0.2, 0.25) is 0 Å². The summed E-state index contributed by atoms with van der Waals surface area (Å²) < 4.78 is 36.3. The van der Waals surface area contributed by atoms with Gasteiger partial charge in [-0.05, 0) is 0 Å². The van der Waals surface area contributed by atoms with Gasteiger partial charge >= 0.3 is 21.3 Å². The van der Waals surface area contributed by atoms with Crippen LogP contribution in [0.2, 0.25) is 0 Å². The van der Waals surface area contributed by atoms with E-state index in [9.17, 15) is 23.8 Å². The Hall–Kier alpha value is -1.18. The maximum Gasteiger partial charge on any atom is 0.470 e. The molecular formula is C9H14N2O12P2. The number of nitrogens with one attached hydrogen (secondary N) is 1. The van der Waals surface area contributed by atoms with E-state index in [1.165, 1.54) is 0 Å². The van der Waals surface area contributed by atoms with Crippen LogP contribution in [0.25, 0.3) is 0 Å². The van der Waals surface area contributed by atoms with Gasteiger partial charge in [-0.1, -0.05) is 0 Å². The maximum absolute atomic E-state index is 11.8. The summed E-state index contributed by atoms with van der Waals surface area (Å²) in [7, 11) is -10.1. The van der Waals surface area contributed by atoms with Crippen LogP contribution in [-0.2, 0) is 22.9 Å². The Morgan fingerprint density at radius 3 is 2.36 bits per heavy atom. The monoisotopic (exact) mass is 404 g/mol. The van der Waals surface area contributed by atoms with E-state index in [1.807, 2.05) is 4.98 Å². The highest BCUT2D eigenvalue weighted by Crippen LogP contribution is 2.45. The molecule has 25 heavy (non-hydrogen) atoms. The number of hydrogen-bond acceptors (Lipinski definition) is 8. The quantitative estimate of drug-likeness (QED) is 0.269. The lowest BCUT2D eigenvalue weighted by Crippen LogP contribution is -2.38. The minimum Gasteiger partial charge on any atom is -0.386 e. The van der Waals surface area contributed by atoms with Gasteiger partial charge in [-0.3, -0.25) is 23.4 Å². The van der Waals surface area contributed by atoms with Gasteiger partial charge in [-0.2, -0.15) is 0 Å². The van der Waals surface area contributed by atoms with Crippen LogP contribution >= 0.6 is 15.6 Å². The van der Waals surface area contributed by atoms with Crippen LogP contribution in [0.1, 0.15) is 6.23 Å². The lowest BCUT2D eigenvalue weighted by Gasteiger charge is -2.20. The summed E-state index contributed by atoms with van der Waals surface area (Å²) in [6.07, 6.45) is -5.77. The predicted octanol–water partition coefficient (Wildman–Crippen LogP) is -2.62. The van der Waals surface area contributed by atoms with E-state index in [4.69, 9.17) is 24.3 Å². The molecule has 0 amide bonds. The minimum absolute atomic E-state index is 0.708.